The standard InChI is InChI=1S/C14H27NO2/c16-13-9-5-1-3-7-11-15-12-8-4-2-6-10-14-17/h13-15H,1-12H2/p+2. The van der Waals surface area contributed by atoms with Gasteiger partial charge in [-0.1, -0.05) is 25.7 Å². The van der Waals surface area contributed by atoms with E-state index in [4.69, 9.17) is 9.59 Å². The molecule has 0 aliphatic carbocycles. The summed E-state index contributed by atoms with van der Waals surface area (Å²) in [6, 6.07) is 0. The first-order chi connectivity index (χ1) is 8.41. The average molecular weight is 243 g/mol. The van der Waals surface area contributed by atoms with E-state index < -0.39 is 0 Å². The maximum atomic E-state index is 8.49. The van der Waals surface area contributed by atoms with Gasteiger partial charge in [-0.15, -0.1) is 0 Å². The lowest BCUT2D eigenvalue weighted by Crippen LogP contribution is -2.16. The van der Waals surface area contributed by atoms with Crippen molar-refractivity contribution in [3.05, 3.63) is 0 Å². The van der Waals surface area contributed by atoms with E-state index in [0.29, 0.717) is 0 Å². The van der Waals surface area contributed by atoms with Crippen LogP contribution in [0, 0.1) is 0 Å². The van der Waals surface area contributed by atoms with Crippen molar-refractivity contribution in [3.8, 4) is 0 Å². The van der Waals surface area contributed by atoms with Crippen LogP contribution in [0.15, 0.2) is 0 Å². The number of aldehydes is 2. The third-order valence-electron chi connectivity index (χ3n) is 2.87. The number of hydrogen-bond acceptors (Lipinski definition) is 1. The van der Waals surface area contributed by atoms with Crippen molar-refractivity contribution in [2.45, 2.75) is 64.2 Å². The second-order valence-corrected chi connectivity index (χ2v) is 4.52. The molecule has 3 N–H and O–H groups in total. The Kier molecular flexibility index (Phi) is 14.7. The van der Waals surface area contributed by atoms with Crippen molar-refractivity contribution in [3.63, 3.8) is 0 Å². The number of carbonyl (C=O) groups excluding carboxylic acids is 2. The summed E-state index contributed by atoms with van der Waals surface area (Å²) in [6.07, 6.45) is 13.8. The third kappa shape index (κ3) is 15.3. The highest BCUT2D eigenvalue weighted by Gasteiger charge is 1.93. The van der Waals surface area contributed by atoms with Gasteiger partial charge in [0.05, 0.1) is 12.8 Å². The van der Waals surface area contributed by atoms with E-state index in [9.17, 15) is 0 Å². The summed E-state index contributed by atoms with van der Waals surface area (Å²) in [5, 5.41) is 3.45. The van der Waals surface area contributed by atoms with Crippen LogP contribution in [0.1, 0.15) is 64.2 Å². The summed E-state index contributed by atoms with van der Waals surface area (Å²) in [4.78, 5) is 17.0. The van der Waals surface area contributed by atoms with Crippen molar-refractivity contribution in [1.29, 1.82) is 0 Å². The largest absolute Gasteiger partial charge is 0.317 e. The molecule has 0 spiro atoms. The smallest absolute Gasteiger partial charge is 0.281 e. The van der Waals surface area contributed by atoms with Crippen molar-refractivity contribution in [2.24, 2.45) is 0 Å². The number of hydrogen-bond donors (Lipinski definition) is 1. The monoisotopic (exact) mass is 243 g/mol. The van der Waals surface area contributed by atoms with Gasteiger partial charge in [0, 0.05) is 0 Å². The Balaban J connectivity index is 2.89. The fourth-order valence-corrected chi connectivity index (χ4v) is 1.80. The van der Waals surface area contributed by atoms with Crippen LogP contribution in [-0.2, 0) is 0 Å². The predicted molar refractivity (Wildman–Crippen MR) is 75.0 cm³/mol. The summed E-state index contributed by atoms with van der Waals surface area (Å²) in [6.45, 7) is 2.24. The molecule has 0 unspecified atom stereocenters. The molecule has 0 fully saturated rings. The molecule has 0 aromatic heterocycles. The zero-order valence-electron chi connectivity index (χ0n) is 11.0. The highest BCUT2D eigenvalue weighted by atomic mass is 16.1. The van der Waals surface area contributed by atoms with Gasteiger partial charge in [0.1, 0.15) is 0 Å². The fraction of sp³-hybridized carbons (Fsp3) is 0.857. The van der Waals surface area contributed by atoms with Crippen molar-refractivity contribution in [1.82, 2.24) is 5.32 Å². The van der Waals surface area contributed by atoms with E-state index in [1.807, 2.05) is 0 Å². The first kappa shape index (κ1) is 16.3. The van der Waals surface area contributed by atoms with Gasteiger partial charge in [-0.05, 0) is 38.8 Å². The molecule has 0 amide bonds. The SMILES string of the molecule is [OH+]=CCCCCCCNCCCCCCC=[OH+]. The number of nitrogens with one attached hydrogen (secondary N) is 1. The minimum Gasteiger partial charge on any atom is -0.317 e. The normalized spacial score (nSPS) is 10.4. The van der Waals surface area contributed by atoms with Crippen LogP contribution in [0.3, 0.4) is 0 Å². The minimum absolute atomic E-state index is 0.832. The Morgan fingerprint density at radius 1 is 0.588 bits per heavy atom. The Labute approximate surface area is 105 Å². The van der Waals surface area contributed by atoms with Gasteiger partial charge >= 0.3 is 0 Å². The molecular weight excluding hydrogens is 214 g/mol. The molecule has 17 heavy (non-hydrogen) atoms. The quantitative estimate of drug-likeness (QED) is 0.285. The number of unbranched alkanes of at least 4 members (excludes halogenated alkanes) is 8. The van der Waals surface area contributed by atoms with Crippen LogP contribution in [0.5, 0.6) is 0 Å². The second-order valence-electron chi connectivity index (χ2n) is 4.52. The first-order valence-corrected chi connectivity index (χ1v) is 7.04. The van der Waals surface area contributed by atoms with Crippen molar-refractivity contribution < 1.29 is 9.59 Å². The molecule has 0 aliphatic heterocycles. The Bertz CT molecular complexity index is 154. The van der Waals surface area contributed by atoms with Gasteiger partial charge in [-0.25, -0.2) is 0 Å². The topological polar surface area (TPSA) is 54.8 Å². The van der Waals surface area contributed by atoms with E-state index >= 15 is 0 Å². The van der Waals surface area contributed by atoms with Crippen molar-refractivity contribution in [2.75, 3.05) is 13.1 Å². The molecule has 3 heteroatoms. The second kappa shape index (κ2) is 15.3. The van der Waals surface area contributed by atoms with Gasteiger partial charge < -0.3 is 5.32 Å². The maximum Gasteiger partial charge on any atom is 0.281 e. The molecule has 0 aliphatic rings. The highest BCUT2D eigenvalue weighted by molar-refractivity contribution is 5.50. The van der Waals surface area contributed by atoms with Gasteiger partial charge in [-0.3, -0.25) is 9.59 Å². The minimum atomic E-state index is 0.832. The zero-order chi connectivity index (χ0) is 12.6. The molecule has 0 radical (unpaired) electrons. The van der Waals surface area contributed by atoms with E-state index in [1.54, 1.807) is 0 Å². The van der Waals surface area contributed by atoms with Gasteiger partial charge in [0.15, 0.2) is 0 Å². The Morgan fingerprint density at radius 2 is 1.00 bits per heavy atom. The molecule has 0 rings (SSSR count). The van der Waals surface area contributed by atoms with Crippen molar-refractivity contribution >= 4 is 12.6 Å². The van der Waals surface area contributed by atoms with Crippen LogP contribution in [0.25, 0.3) is 0 Å². The summed E-state index contributed by atoms with van der Waals surface area (Å²) in [5.41, 5.74) is 0. The van der Waals surface area contributed by atoms with E-state index in [2.05, 4.69) is 5.32 Å². The molecule has 0 aromatic carbocycles. The predicted octanol–water partition coefficient (Wildman–Crippen LogP) is 2.83. The Morgan fingerprint density at radius 3 is 1.41 bits per heavy atom. The fourth-order valence-electron chi connectivity index (χ4n) is 1.80. The average Bonchev–Trinajstić information content (AvgIpc) is 2.35. The first-order valence-electron chi connectivity index (χ1n) is 7.04. The van der Waals surface area contributed by atoms with Gasteiger partial charge in [0.25, 0.3) is 12.6 Å². The van der Waals surface area contributed by atoms with Gasteiger partial charge in [0.2, 0.25) is 0 Å². The lowest BCUT2D eigenvalue weighted by Gasteiger charge is -2.04. The summed E-state index contributed by atoms with van der Waals surface area (Å²) >= 11 is 0. The van der Waals surface area contributed by atoms with Crippen LogP contribution < -0.4 is 5.32 Å². The molecule has 0 saturated heterocycles. The summed E-state index contributed by atoms with van der Waals surface area (Å²) in [7, 11) is 0. The lowest BCUT2D eigenvalue weighted by molar-refractivity contribution is 0.556. The van der Waals surface area contributed by atoms with E-state index in [0.717, 1.165) is 38.8 Å². The van der Waals surface area contributed by atoms with Gasteiger partial charge in [-0.2, -0.15) is 0 Å². The molecule has 3 nitrogen and oxygen atoms in total. The molecule has 0 bridgehead atoms. The van der Waals surface area contributed by atoms with Crippen LogP contribution in [0.4, 0.5) is 0 Å². The molecular formula is C14H29NO2+2. The summed E-state index contributed by atoms with van der Waals surface area (Å²) in [5.74, 6) is 0. The molecule has 0 atom stereocenters. The molecule has 0 aromatic rings. The zero-order valence-corrected chi connectivity index (χ0v) is 11.0. The van der Waals surface area contributed by atoms with E-state index in [-0.39, 0.29) is 0 Å². The lowest BCUT2D eigenvalue weighted by atomic mass is 10.1. The maximum absolute atomic E-state index is 8.49. The van der Waals surface area contributed by atoms with E-state index in [1.165, 1.54) is 51.1 Å². The van der Waals surface area contributed by atoms with Crippen LogP contribution in [0.2, 0.25) is 0 Å². The third-order valence-corrected chi connectivity index (χ3v) is 2.87. The van der Waals surface area contributed by atoms with Crippen LogP contribution in [-0.4, -0.2) is 35.3 Å². The Hall–Kier alpha value is -0.700. The molecule has 0 heterocycles. The molecule has 0 saturated carbocycles. The van der Waals surface area contributed by atoms with Crippen LogP contribution >= 0.6 is 0 Å². The summed E-state index contributed by atoms with van der Waals surface area (Å²) < 4.78 is 0. The molecule has 100 valence electrons. The highest BCUT2D eigenvalue weighted by Crippen LogP contribution is 2.02. The number of rotatable bonds is 14.